The summed E-state index contributed by atoms with van der Waals surface area (Å²) in [5.41, 5.74) is 0. The van der Waals surface area contributed by atoms with Gasteiger partial charge in [0, 0.05) is 25.5 Å². The number of nitrogens with one attached hydrogen (secondary N) is 1. The number of aromatic nitrogens is 2. The van der Waals surface area contributed by atoms with Crippen LogP contribution in [-0.2, 0) is 11.3 Å². The van der Waals surface area contributed by atoms with Gasteiger partial charge in [0.2, 0.25) is 0 Å². The quantitative estimate of drug-likeness (QED) is 0.717. The molecule has 14 heavy (non-hydrogen) atoms. The van der Waals surface area contributed by atoms with Gasteiger partial charge in [-0.1, -0.05) is 0 Å². The number of unbranched alkanes of at least 4 members (excludes halogenated alkanes) is 1. The maximum Gasteiger partial charge on any atom is 0.406 e. The fourth-order valence-electron chi connectivity index (χ4n) is 1.10. The van der Waals surface area contributed by atoms with Crippen LogP contribution < -0.4 is 5.32 Å². The molecule has 1 amide bonds. The number of amides is 1. The molecule has 0 radical (unpaired) electrons. The van der Waals surface area contributed by atoms with E-state index in [1.165, 1.54) is 7.11 Å². The van der Waals surface area contributed by atoms with Gasteiger partial charge in [0.15, 0.2) is 0 Å². The Morgan fingerprint density at radius 2 is 2.43 bits per heavy atom. The van der Waals surface area contributed by atoms with Crippen LogP contribution in [0.1, 0.15) is 12.8 Å². The van der Waals surface area contributed by atoms with Crippen molar-refractivity contribution in [2.45, 2.75) is 19.4 Å². The molecule has 0 aliphatic heterocycles. The van der Waals surface area contributed by atoms with Crippen LogP contribution in [0, 0.1) is 0 Å². The topological polar surface area (TPSA) is 56.1 Å². The molecule has 0 spiro atoms. The lowest BCUT2D eigenvalue weighted by Crippen LogP contribution is -2.24. The summed E-state index contributed by atoms with van der Waals surface area (Å²) in [7, 11) is 1.36. The first kappa shape index (κ1) is 10.6. The highest BCUT2D eigenvalue weighted by atomic mass is 16.5. The van der Waals surface area contributed by atoms with E-state index in [0.717, 1.165) is 19.4 Å². The van der Waals surface area contributed by atoms with Crippen LogP contribution in [0.15, 0.2) is 18.7 Å². The van der Waals surface area contributed by atoms with Gasteiger partial charge in [-0.3, -0.25) is 0 Å². The molecule has 0 aromatic carbocycles. The van der Waals surface area contributed by atoms with Crippen molar-refractivity contribution in [3.05, 3.63) is 18.7 Å². The third kappa shape index (κ3) is 3.93. The highest BCUT2D eigenvalue weighted by Gasteiger charge is 1.96. The first-order chi connectivity index (χ1) is 6.83. The highest BCUT2D eigenvalue weighted by Crippen LogP contribution is 1.93. The number of hydrogen-bond acceptors (Lipinski definition) is 3. The summed E-state index contributed by atoms with van der Waals surface area (Å²) >= 11 is 0. The summed E-state index contributed by atoms with van der Waals surface area (Å²) in [5, 5.41) is 2.63. The van der Waals surface area contributed by atoms with Gasteiger partial charge in [-0.15, -0.1) is 0 Å². The molecule has 1 aromatic rings. The SMILES string of the molecule is COC(=O)NCCCCn1ccnc1. The van der Waals surface area contributed by atoms with Crippen molar-refractivity contribution in [1.82, 2.24) is 14.9 Å². The van der Waals surface area contributed by atoms with E-state index in [2.05, 4.69) is 15.0 Å². The number of hydrogen-bond donors (Lipinski definition) is 1. The van der Waals surface area contributed by atoms with Crippen molar-refractivity contribution in [3.8, 4) is 0 Å². The number of alkyl carbamates (subject to hydrolysis) is 1. The fourth-order valence-corrected chi connectivity index (χ4v) is 1.10. The smallest absolute Gasteiger partial charge is 0.406 e. The van der Waals surface area contributed by atoms with Crippen LogP contribution in [0.3, 0.4) is 0 Å². The predicted octanol–water partition coefficient (Wildman–Crippen LogP) is 1.02. The first-order valence-corrected chi connectivity index (χ1v) is 4.60. The molecule has 78 valence electrons. The minimum absolute atomic E-state index is 0.368. The predicted molar refractivity (Wildman–Crippen MR) is 51.9 cm³/mol. The lowest BCUT2D eigenvalue weighted by atomic mass is 10.3. The van der Waals surface area contributed by atoms with Gasteiger partial charge in [-0.2, -0.15) is 0 Å². The Morgan fingerprint density at radius 1 is 1.57 bits per heavy atom. The van der Waals surface area contributed by atoms with Crippen molar-refractivity contribution >= 4 is 6.09 Å². The van der Waals surface area contributed by atoms with Crippen LogP contribution in [0.25, 0.3) is 0 Å². The van der Waals surface area contributed by atoms with E-state index in [4.69, 9.17) is 0 Å². The lowest BCUT2D eigenvalue weighted by molar-refractivity contribution is 0.171. The van der Waals surface area contributed by atoms with Crippen LogP contribution >= 0.6 is 0 Å². The van der Waals surface area contributed by atoms with E-state index < -0.39 is 0 Å². The largest absolute Gasteiger partial charge is 0.453 e. The zero-order valence-electron chi connectivity index (χ0n) is 8.27. The monoisotopic (exact) mass is 197 g/mol. The Hall–Kier alpha value is -1.52. The Kier molecular flexibility index (Phi) is 4.54. The minimum Gasteiger partial charge on any atom is -0.453 e. The van der Waals surface area contributed by atoms with E-state index in [1.807, 2.05) is 10.8 Å². The van der Waals surface area contributed by atoms with E-state index in [-0.39, 0.29) is 6.09 Å². The van der Waals surface area contributed by atoms with Gasteiger partial charge < -0.3 is 14.6 Å². The van der Waals surface area contributed by atoms with Crippen LogP contribution in [0.4, 0.5) is 4.79 Å². The molecule has 0 saturated carbocycles. The molecule has 1 rings (SSSR count). The summed E-state index contributed by atoms with van der Waals surface area (Å²) in [4.78, 5) is 14.6. The molecule has 1 heterocycles. The number of ether oxygens (including phenoxy) is 1. The Bertz CT molecular complexity index is 259. The van der Waals surface area contributed by atoms with E-state index in [0.29, 0.717) is 6.54 Å². The van der Waals surface area contributed by atoms with Crippen molar-refractivity contribution in [1.29, 1.82) is 0 Å². The number of aryl methyl sites for hydroxylation is 1. The molecule has 0 bridgehead atoms. The van der Waals surface area contributed by atoms with Gasteiger partial charge in [0.05, 0.1) is 13.4 Å². The Labute approximate surface area is 83.1 Å². The van der Waals surface area contributed by atoms with Gasteiger partial charge in [0.1, 0.15) is 0 Å². The van der Waals surface area contributed by atoms with Crippen LogP contribution in [-0.4, -0.2) is 29.3 Å². The van der Waals surface area contributed by atoms with E-state index in [1.54, 1.807) is 12.5 Å². The number of carbonyl (C=O) groups is 1. The molecule has 0 atom stereocenters. The van der Waals surface area contributed by atoms with Crippen molar-refractivity contribution in [2.75, 3.05) is 13.7 Å². The molecule has 5 heteroatoms. The number of methoxy groups -OCH3 is 1. The van der Waals surface area contributed by atoms with Crippen molar-refractivity contribution in [3.63, 3.8) is 0 Å². The summed E-state index contributed by atoms with van der Waals surface area (Å²) in [6, 6.07) is 0. The van der Waals surface area contributed by atoms with Crippen LogP contribution in [0.2, 0.25) is 0 Å². The molecule has 0 aliphatic carbocycles. The van der Waals surface area contributed by atoms with E-state index in [9.17, 15) is 4.79 Å². The molecule has 1 N–H and O–H groups in total. The Balaban J connectivity index is 1.97. The second-order valence-corrected chi connectivity index (χ2v) is 2.93. The summed E-state index contributed by atoms with van der Waals surface area (Å²) in [6.45, 7) is 1.59. The number of imidazole rings is 1. The number of nitrogens with zero attached hydrogens (tertiary/aromatic N) is 2. The molecular weight excluding hydrogens is 182 g/mol. The van der Waals surface area contributed by atoms with Crippen molar-refractivity contribution in [2.24, 2.45) is 0 Å². The summed E-state index contributed by atoms with van der Waals surface area (Å²) < 4.78 is 6.45. The molecule has 5 nitrogen and oxygen atoms in total. The maximum atomic E-state index is 10.7. The van der Waals surface area contributed by atoms with Crippen LogP contribution in [0.5, 0.6) is 0 Å². The maximum absolute atomic E-state index is 10.7. The highest BCUT2D eigenvalue weighted by molar-refractivity contribution is 5.66. The van der Waals surface area contributed by atoms with Gasteiger partial charge in [-0.05, 0) is 12.8 Å². The zero-order chi connectivity index (χ0) is 10.2. The number of carbonyl (C=O) groups excluding carboxylic acids is 1. The van der Waals surface area contributed by atoms with Gasteiger partial charge >= 0.3 is 6.09 Å². The first-order valence-electron chi connectivity index (χ1n) is 4.60. The van der Waals surface area contributed by atoms with Gasteiger partial charge in [0.25, 0.3) is 0 Å². The van der Waals surface area contributed by atoms with E-state index >= 15 is 0 Å². The second kappa shape index (κ2) is 6.01. The third-order valence-electron chi connectivity index (χ3n) is 1.86. The second-order valence-electron chi connectivity index (χ2n) is 2.93. The summed E-state index contributed by atoms with van der Waals surface area (Å²) in [6.07, 6.45) is 7.05. The standard InChI is InChI=1S/C9H15N3O2/c1-14-9(13)11-4-2-3-6-12-7-5-10-8-12/h5,7-8H,2-4,6H2,1H3,(H,11,13). The van der Waals surface area contributed by atoms with Gasteiger partial charge in [-0.25, -0.2) is 9.78 Å². The Morgan fingerprint density at radius 3 is 3.07 bits per heavy atom. The average molecular weight is 197 g/mol. The zero-order valence-corrected chi connectivity index (χ0v) is 8.27. The molecule has 0 aliphatic rings. The van der Waals surface area contributed by atoms with Crippen molar-refractivity contribution < 1.29 is 9.53 Å². The summed E-state index contributed by atoms with van der Waals surface area (Å²) in [5.74, 6) is 0. The minimum atomic E-state index is -0.368. The molecule has 0 unspecified atom stereocenters. The molecular formula is C9H15N3O2. The lowest BCUT2D eigenvalue weighted by Gasteiger charge is -2.03. The molecule has 1 aromatic heterocycles. The third-order valence-corrected chi connectivity index (χ3v) is 1.86. The molecule has 0 saturated heterocycles. The normalized spacial score (nSPS) is 9.79. The average Bonchev–Trinajstić information content (AvgIpc) is 2.69. The molecule has 0 fully saturated rings. The number of rotatable bonds is 5. The fraction of sp³-hybridized carbons (Fsp3) is 0.556.